The van der Waals surface area contributed by atoms with Crippen molar-refractivity contribution in [2.24, 2.45) is 0 Å². The van der Waals surface area contributed by atoms with Gasteiger partial charge in [-0.15, -0.1) is 0 Å². The van der Waals surface area contributed by atoms with E-state index in [2.05, 4.69) is 13.8 Å². The molecule has 0 amide bonds. The number of carbonyl (C=O) groups excluding carboxylic acids is 2. The molecule has 0 bridgehead atoms. The van der Waals surface area contributed by atoms with Gasteiger partial charge in [-0.05, 0) is 11.5 Å². The Bertz CT molecular complexity index is 660. The molecule has 1 aromatic heterocycles. The number of nitrogens with zero attached hydrogens (tertiary/aromatic N) is 1. The molecule has 0 unspecified atom stereocenters. The number of benzene rings is 1. The number of ether oxygens (including phenoxy) is 1. The first-order valence-corrected chi connectivity index (χ1v) is 6.96. The lowest BCUT2D eigenvalue weighted by atomic mass is 10.0. The van der Waals surface area contributed by atoms with Gasteiger partial charge in [-0.25, -0.2) is 4.79 Å². The van der Waals surface area contributed by atoms with E-state index in [0.717, 1.165) is 5.56 Å². The molecule has 0 spiro atoms. The molecule has 0 aliphatic carbocycles. The van der Waals surface area contributed by atoms with E-state index in [1.807, 2.05) is 12.1 Å². The van der Waals surface area contributed by atoms with Gasteiger partial charge in [-0.1, -0.05) is 38.1 Å². The minimum Gasteiger partial charge on any atom is -0.619 e. The van der Waals surface area contributed by atoms with Crippen LogP contribution in [0, 0.1) is 5.21 Å². The third-order valence-corrected chi connectivity index (χ3v) is 3.27. The molecule has 0 fully saturated rings. The van der Waals surface area contributed by atoms with E-state index >= 15 is 0 Å². The molecule has 2 aromatic rings. The van der Waals surface area contributed by atoms with Gasteiger partial charge in [0.15, 0.2) is 24.8 Å². The molecular formula is C17H17NO4. The molecule has 0 atom stereocenters. The molecule has 0 aliphatic rings. The first-order chi connectivity index (χ1) is 10.5. The van der Waals surface area contributed by atoms with Crippen molar-refractivity contribution in [2.45, 2.75) is 19.8 Å². The van der Waals surface area contributed by atoms with Crippen molar-refractivity contribution in [2.75, 3.05) is 6.61 Å². The zero-order valence-corrected chi connectivity index (χ0v) is 12.5. The van der Waals surface area contributed by atoms with Gasteiger partial charge in [-0.3, -0.25) is 4.79 Å². The van der Waals surface area contributed by atoms with Crippen LogP contribution in [0.3, 0.4) is 0 Å². The normalized spacial score (nSPS) is 10.5. The average molecular weight is 299 g/mol. The van der Waals surface area contributed by atoms with Gasteiger partial charge >= 0.3 is 5.97 Å². The molecule has 0 N–H and O–H groups in total. The van der Waals surface area contributed by atoms with Crippen LogP contribution >= 0.6 is 0 Å². The summed E-state index contributed by atoms with van der Waals surface area (Å²) < 4.78 is 5.53. The number of pyridine rings is 1. The van der Waals surface area contributed by atoms with E-state index in [-0.39, 0.29) is 18.0 Å². The number of hydrogen-bond acceptors (Lipinski definition) is 4. The fourth-order valence-corrected chi connectivity index (χ4v) is 1.90. The first kappa shape index (κ1) is 15.7. The molecule has 0 radical (unpaired) electrons. The van der Waals surface area contributed by atoms with E-state index in [9.17, 15) is 14.8 Å². The van der Waals surface area contributed by atoms with E-state index in [1.54, 1.807) is 12.1 Å². The Morgan fingerprint density at radius 2 is 1.64 bits per heavy atom. The third-order valence-electron chi connectivity index (χ3n) is 3.27. The van der Waals surface area contributed by atoms with E-state index in [4.69, 9.17) is 4.74 Å². The van der Waals surface area contributed by atoms with Crippen LogP contribution in [0.2, 0.25) is 0 Å². The van der Waals surface area contributed by atoms with Gasteiger partial charge in [0.1, 0.15) is 0 Å². The molecule has 1 aromatic carbocycles. The summed E-state index contributed by atoms with van der Waals surface area (Å²) in [6, 6.07) is 9.94. The van der Waals surface area contributed by atoms with Gasteiger partial charge in [0, 0.05) is 17.7 Å². The summed E-state index contributed by atoms with van der Waals surface area (Å²) >= 11 is 0. The van der Waals surface area contributed by atoms with Gasteiger partial charge in [0.2, 0.25) is 0 Å². The smallest absolute Gasteiger partial charge is 0.339 e. The maximum absolute atomic E-state index is 12.0. The average Bonchev–Trinajstić information content (AvgIpc) is 2.53. The Labute approximate surface area is 128 Å². The molecule has 0 saturated carbocycles. The molecule has 2 rings (SSSR count). The van der Waals surface area contributed by atoms with Crippen molar-refractivity contribution in [3.05, 3.63) is 70.7 Å². The Hall–Kier alpha value is -2.69. The number of Topliss-reactive ketones (excluding diaryl/α,β-unsaturated/α-hetero) is 1. The Morgan fingerprint density at radius 3 is 2.18 bits per heavy atom. The summed E-state index contributed by atoms with van der Waals surface area (Å²) in [5.41, 5.74) is 1.88. The van der Waals surface area contributed by atoms with Gasteiger partial charge in [-0.2, -0.15) is 4.73 Å². The third kappa shape index (κ3) is 3.91. The lowest BCUT2D eigenvalue weighted by molar-refractivity contribution is -0.605. The van der Waals surface area contributed by atoms with Crippen molar-refractivity contribution >= 4 is 11.8 Å². The van der Waals surface area contributed by atoms with Crippen molar-refractivity contribution in [3.8, 4) is 0 Å². The van der Waals surface area contributed by atoms with Crippen molar-refractivity contribution < 1.29 is 19.1 Å². The molecule has 114 valence electrons. The highest BCUT2D eigenvalue weighted by atomic mass is 16.5. The predicted molar refractivity (Wildman–Crippen MR) is 80.5 cm³/mol. The molecule has 1 heterocycles. The van der Waals surface area contributed by atoms with Crippen molar-refractivity contribution in [1.82, 2.24) is 0 Å². The van der Waals surface area contributed by atoms with E-state index in [0.29, 0.717) is 16.2 Å². The standard InChI is InChI=1S/C17H17NO4/c1-12(2)13-3-5-14(6-4-13)16(19)11-22-17(20)15-7-9-18(21)10-8-15/h3-10,12H,11H2,1-2H3. The predicted octanol–water partition coefficient (Wildman–Crippen LogP) is 2.48. The number of carbonyl (C=O) groups is 2. The number of hydrogen-bond donors (Lipinski definition) is 0. The summed E-state index contributed by atoms with van der Waals surface area (Å²) in [7, 11) is 0. The molecule has 22 heavy (non-hydrogen) atoms. The first-order valence-electron chi connectivity index (χ1n) is 6.96. The Morgan fingerprint density at radius 1 is 1.05 bits per heavy atom. The van der Waals surface area contributed by atoms with E-state index in [1.165, 1.54) is 24.5 Å². The van der Waals surface area contributed by atoms with Crippen LogP contribution in [0.1, 0.15) is 46.0 Å². The minimum absolute atomic E-state index is 0.232. The topological polar surface area (TPSA) is 70.3 Å². The highest BCUT2D eigenvalue weighted by Gasteiger charge is 2.12. The van der Waals surface area contributed by atoms with Crippen LogP contribution < -0.4 is 4.73 Å². The molecule has 0 saturated heterocycles. The fourth-order valence-electron chi connectivity index (χ4n) is 1.90. The summed E-state index contributed by atoms with van der Waals surface area (Å²) in [6.45, 7) is 3.82. The molecule has 0 aliphatic heterocycles. The van der Waals surface area contributed by atoms with Crippen molar-refractivity contribution in [3.63, 3.8) is 0 Å². The zero-order chi connectivity index (χ0) is 16.1. The maximum atomic E-state index is 12.0. The lowest BCUT2D eigenvalue weighted by Gasteiger charge is -2.07. The monoisotopic (exact) mass is 299 g/mol. The summed E-state index contributed by atoms with van der Waals surface area (Å²) in [6.07, 6.45) is 2.39. The summed E-state index contributed by atoms with van der Waals surface area (Å²) in [4.78, 5) is 23.7. The van der Waals surface area contributed by atoms with Gasteiger partial charge in [0.05, 0.1) is 5.56 Å². The lowest BCUT2D eigenvalue weighted by Crippen LogP contribution is -2.24. The Balaban J connectivity index is 1.94. The van der Waals surface area contributed by atoms with Crippen LogP contribution in [0.5, 0.6) is 0 Å². The molecule has 5 nitrogen and oxygen atoms in total. The van der Waals surface area contributed by atoms with Crippen LogP contribution in [-0.2, 0) is 4.74 Å². The largest absolute Gasteiger partial charge is 0.619 e. The van der Waals surface area contributed by atoms with Crippen LogP contribution in [0.4, 0.5) is 0 Å². The summed E-state index contributed by atoms with van der Waals surface area (Å²) in [5, 5.41) is 10.9. The molecular weight excluding hydrogens is 282 g/mol. The highest BCUT2D eigenvalue weighted by molar-refractivity contribution is 5.99. The second kappa shape index (κ2) is 6.85. The second-order valence-electron chi connectivity index (χ2n) is 5.22. The number of ketones is 1. The number of aromatic nitrogens is 1. The van der Waals surface area contributed by atoms with Gasteiger partial charge in [0.25, 0.3) is 0 Å². The zero-order valence-electron chi connectivity index (χ0n) is 12.5. The van der Waals surface area contributed by atoms with Crippen LogP contribution in [-0.4, -0.2) is 18.4 Å². The quantitative estimate of drug-likeness (QED) is 0.368. The Kier molecular flexibility index (Phi) is 4.88. The van der Waals surface area contributed by atoms with Crippen LogP contribution in [0.25, 0.3) is 0 Å². The second-order valence-corrected chi connectivity index (χ2v) is 5.22. The fraction of sp³-hybridized carbons (Fsp3) is 0.235. The molecule has 5 heteroatoms. The SMILES string of the molecule is CC(C)c1ccc(C(=O)COC(=O)c2cc[n+]([O-])cc2)cc1. The highest BCUT2D eigenvalue weighted by Crippen LogP contribution is 2.15. The number of esters is 1. The van der Waals surface area contributed by atoms with Crippen LogP contribution in [0.15, 0.2) is 48.8 Å². The van der Waals surface area contributed by atoms with E-state index < -0.39 is 5.97 Å². The maximum Gasteiger partial charge on any atom is 0.339 e. The van der Waals surface area contributed by atoms with Gasteiger partial charge < -0.3 is 9.94 Å². The minimum atomic E-state index is -0.632. The summed E-state index contributed by atoms with van der Waals surface area (Å²) in [5.74, 6) is -0.505. The number of rotatable bonds is 5. The van der Waals surface area contributed by atoms with Crippen molar-refractivity contribution in [1.29, 1.82) is 0 Å².